The van der Waals surface area contributed by atoms with Crippen molar-refractivity contribution in [3.05, 3.63) is 64.2 Å². The molecule has 0 atom stereocenters. The van der Waals surface area contributed by atoms with Crippen molar-refractivity contribution in [2.45, 2.75) is 19.9 Å². The quantitative estimate of drug-likeness (QED) is 0.874. The maximum atomic E-state index is 12.4. The smallest absolute Gasteiger partial charge is 0.255 e. The van der Waals surface area contributed by atoms with Gasteiger partial charge < -0.3 is 10.6 Å². The van der Waals surface area contributed by atoms with Crippen LogP contribution in [0.5, 0.6) is 0 Å². The molecule has 3 nitrogen and oxygen atoms in total. The molecule has 0 aliphatic carbocycles. The Morgan fingerprint density at radius 2 is 1.76 bits per heavy atom. The van der Waals surface area contributed by atoms with Gasteiger partial charge in [-0.2, -0.15) is 0 Å². The van der Waals surface area contributed by atoms with Crippen molar-refractivity contribution in [2.75, 3.05) is 12.8 Å². The van der Waals surface area contributed by atoms with Crippen molar-refractivity contribution in [3.63, 3.8) is 0 Å². The molecule has 0 saturated carbocycles. The van der Waals surface area contributed by atoms with E-state index in [-0.39, 0.29) is 5.91 Å². The van der Waals surface area contributed by atoms with Gasteiger partial charge in [-0.25, -0.2) is 0 Å². The number of amides is 1. The summed E-state index contributed by atoms with van der Waals surface area (Å²) in [5.74, 6) is -0.112. The van der Waals surface area contributed by atoms with Gasteiger partial charge in [-0.15, -0.1) is 0 Å². The molecule has 2 rings (SSSR count). The fourth-order valence-corrected chi connectivity index (χ4v) is 2.41. The van der Waals surface area contributed by atoms with Crippen LogP contribution in [0.3, 0.4) is 0 Å². The van der Waals surface area contributed by atoms with E-state index < -0.39 is 0 Å². The van der Waals surface area contributed by atoms with Gasteiger partial charge in [0.05, 0.1) is 10.6 Å². The number of nitrogens with two attached hydrogens (primary N) is 1. The third-order valence-electron chi connectivity index (χ3n) is 3.42. The second-order valence-corrected chi connectivity index (χ2v) is 5.48. The maximum Gasteiger partial charge on any atom is 0.255 e. The standard InChI is InChI=1S/C17H19ClN2O/c1-3-12-4-6-13(7-5-12)11-20(2)17(21)15-9-8-14(19)10-16(15)18/h4-10H,3,11,19H2,1-2H3. The molecule has 0 fully saturated rings. The first-order valence-electron chi connectivity index (χ1n) is 6.89. The number of hydrogen-bond donors (Lipinski definition) is 1. The number of rotatable bonds is 4. The molecule has 4 heteroatoms. The van der Waals surface area contributed by atoms with Gasteiger partial charge in [-0.1, -0.05) is 42.8 Å². The number of carbonyl (C=O) groups excluding carboxylic acids is 1. The lowest BCUT2D eigenvalue weighted by Gasteiger charge is -2.18. The minimum atomic E-state index is -0.112. The first-order valence-corrected chi connectivity index (χ1v) is 7.27. The molecule has 2 N–H and O–H groups in total. The Morgan fingerprint density at radius 3 is 2.33 bits per heavy atom. The fourth-order valence-electron chi connectivity index (χ4n) is 2.14. The Kier molecular flexibility index (Phi) is 4.86. The predicted molar refractivity (Wildman–Crippen MR) is 87.5 cm³/mol. The molecule has 0 aliphatic rings. The number of anilines is 1. The van der Waals surface area contributed by atoms with Crippen molar-refractivity contribution in [1.82, 2.24) is 4.90 Å². The topological polar surface area (TPSA) is 46.3 Å². The average molecular weight is 303 g/mol. The number of aryl methyl sites for hydroxylation is 1. The molecule has 0 unspecified atom stereocenters. The number of nitrogen functional groups attached to an aromatic ring is 1. The van der Waals surface area contributed by atoms with Crippen LogP contribution in [0.4, 0.5) is 5.69 Å². The van der Waals surface area contributed by atoms with Gasteiger partial charge in [0.2, 0.25) is 0 Å². The van der Waals surface area contributed by atoms with Gasteiger partial charge in [-0.3, -0.25) is 4.79 Å². The van der Waals surface area contributed by atoms with Gasteiger partial charge in [0.25, 0.3) is 5.91 Å². The molecular weight excluding hydrogens is 284 g/mol. The number of halogens is 1. The highest BCUT2D eigenvalue weighted by atomic mass is 35.5. The van der Waals surface area contributed by atoms with Crippen LogP contribution in [0.1, 0.15) is 28.4 Å². The van der Waals surface area contributed by atoms with Gasteiger partial charge in [0.15, 0.2) is 0 Å². The lowest BCUT2D eigenvalue weighted by atomic mass is 10.1. The van der Waals surface area contributed by atoms with Crippen molar-refractivity contribution in [1.29, 1.82) is 0 Å². The minimum Gasteiger partial charge on any atom is -0.399 e. The minimum absolute atomic E-state index is 0.112. The Balaban J connectivity index is 2.11. The zero-order valence-electron chi connectivity index (χ0n) is 12.3. The summed E-state index contributed by atoms with van der Waals surface area (Å²) < 4.78 is 0. The van der Waals surface area contributed by atoms with Crippen LogP contribution in [0, 0.1) is 0 Å². The zero-order chi connectivity index (χ0) is 15.4. The van der Waals surface area contributed by atoms with Crippen LogP contribution in [0.2, 0.25) is 5.02 Å². The Bertz CT molecular complexity index is 638. The number of benzene rings is 2. The van der Waals surface area contributed by atoms with E-state index in [0.29, 0.717) is 22.8 Å². The lowest BCUT2D eigenvalue weighted by Crippen LogP contribution is -2.26. The molecule has 2 aromatic carbocycles. The Labute approximate surface area is 130 Å². The summed E-state index contributed by atoms with van der Waals surface area (Å²) in [5.41, 5.74) is 9.05. The second-order valence-electron chi connectivity index (χ2n) is 5.07. The SMILES string of the molecule is CCc1ccc(CN(C)C(=O)c2ccc(N)cc2Cl)cc1. The Hall–Kier alpha value is -2.00. The summed E-state index contributed by atoms with van der Waals surface area (Å²) in [6.07, 6.45) is 1.01. The van der Waals surface area contributed by atoms with E-state index in [0.717, 1.165) is 12.0 Å². The molecule has 1 amide bonds. The molecule has 0 heterocycles. The van der Waals surface area contributed by atoms with Crippen molar-refractivity contribution >= 4 is 23.2 Å². The summed E-state index contributed by atoms with van der Waals surface area (Å²) in [6.45, 7) is 2.66. The average Bonchev–Trinajstić information content (AvgIpc) is 2.47. The van der Waals surface area contributed by atoms with Crippen LogP contribution in [0.15, 0.2) is 42.5 Å². The van der Waals surface area contributed by atoms with E-state index >= 15 is 0 Å². The van der Waals surface area contributed by atoms with E-state index in [9.17, 15) is 4.79 Å². The molecular formula is C17H19ClN2O. The number of carbonyl (C=O) groups is 1. The van der Waals surface area contributed by atoms with E-state index in [1.165, 1.54) is 5.56 Å². The first-order chi connectivity index (χ1) is 10.0. The molecule has 0 spiro atoms. The largest absolute Gasteiger partial charge is 0.399 e. The lowest BCUT2D eigenvalue weighted by molar-refractivity contribution is 0.0785. The predicted octanol–water partition coefficient (Wildman–Crippen LogP) is 3.76. The molecule has 21 heavy (non-hydrogen) atoms. The summed E-state index contributed by atoms with van der Waals surface area (Å²) in [5, 5.41) is 0.383. The normalized spacial score (nSPS) is 10.4. The van der Waals surface area contributed by atoms with Crippen LogP contribution in [0.25, 0.3) is 0 Å². The number of nitrogens with zero attached hydrogens (tertiary/aromatic N) is 1. The van der Waals surface area contributed by atoms with E-state index in [4.69, 9.17) is 17.3 Å². The van der Waals surface area contributed by atoms with Crippen LogP contribution >= 0.6 is 11.6 Å². The van der Waals surface area contributed by atoms with Gasteiger partial charge in [-0.05, 0) is 35.7 Å². The summed E-state index contributed by atoms with van der Waals surface area (Å²) in [6, 6.07) is 13.2. The van der Waals surface area contributed by atoms with Gasteiger partial charge in [0, 0.05) is 19.3 Å². The van der Waals surface area contributed by atoms with Crippen molar-refractivity contribution < 1.29 is 4.79 Å². The van der Waals surface area contributed by atoms with Gasteiger partial charge >= 0.3 is 0 Å². The van der Waals surface area contributed by atoms with E-state index in [1.54, 1.807) is 30.1 Å². The number of hydrogen-bond acceptors (Lipinski definition) is 2. The van der Waals surface area contributed by atoms with Crippen molar-refractivity contribution in [2.24, 2.45) is 0 Å². The fraction of sp³-hybridized carbons (Fsp3) is 0.235. The zero-order valence-corrected chi connectivity index (χ0v) is 13.0. The molecule has 110 valence electrons. The summed E-state index contributed by atoms with van der Waals surface area (Å²) >= 11 is 6.08. The Morgan fingerprint density at radius 1 is 1.14 bits per heavy atom. The van der Waals surface area contributed by atoms with Crippen LogP contribution in [-0.2, 0) is 13.0 Å². The first kappa shape index (κ1) is 15.4. The highest BCUT2D eigenvalue weighted by molar-refractivity contribution is 6.34. The molecule has 0 bridgehead atoms. The molecule has 0 radical (unpaired) electrons. The summed E-state index contributed by atoms with van der Waals surface area (Å²) in [4.78, 5) is 14.1. The highest BCUT2D eigenvalue weighted by Crippen LogP contribution is 2.21. The van der Waals surface area contributed by atoms with Crippen LogP contribution < -0.4 is 5.73 Å². The third kappa shape index (κ3) is 3.76. The van der Waals surface area contributed by atoms with E-state index in [1.807, 2.05) is 12.1 Å². The van der Waals surface area contributed by atoms with Crippen molar-refractivity contribution in [3.8, 4) is 0 Å². The molecule has 0 aliphatic heterocycles. The maximum absolute atomic E-state index is 12.4. The third-order valence-corrected chi connectivity index (χ3v) is 3.73. The second kappa shape index (κ2) is 6.64. The molecule has 2 aromatic rings. The van der Waals surface area contributed by atoms with E-state index in [2.05, 4.69) is 19.1 Å². The monoisotopic (exact) mass is 302 g/mol. The highest BCUT2D eigenvalue weighted by Gasteiger charge is 2.15. The van der Waals surface area contributed by atoms with Crippen LogP contribution in [-0.4, -0.2) is 17.9 Å². The van der Waals surface area contributed by atoms with Gasteiger partial charge in [0.1, 0.15) is 0 Å². The molecule has 0 aromatic heterocycles. The molecule has 0 saturated heterocycles. The summed E-state index contributed by atoms with van der Waals surface area (Å²) in [7, 11) is 1.77.